The lowest BCUT2D eigenvalue weighted by molar-refractivity contribution is -0.138. The van der Waals surface area contributed by atoms with Crippen LogP contribution in [0.5, 0.6) is 0 Å². The lowest BCUT2D eigenvalue weighted by Gasteiger charge is -2.14. The van der Waals surface area contributed by atoms with Crippen molar-refractivity contribution in [2.75, 3.05) is 0 Å². The molecule has 0 aliphatic heterocycles. The number of carbonyl (C=O) groups excluding carboxylic acids is 1. The number of rotatable bonds is 5. The van der Waals surface area contributed by atoms with Gasteiger partial charge in [-0.2, -0.15) is 0 Å². The molecule has 1 fully saturated rings. The zero-order valence-corrected chi connectivity index (χ0v) is 8.62. The zero-order chi connectivity index (χ0) is 15.8. The van der Waals surface area contributed by atoms with E-state index < -0.39 is 42.7 Å². The van der Waals surface area contributed by atoms with Crippen molar-refractivity contribution in [3.8, 4) is 0 Å². The van der Waals surface area contributed by atoms with Crippen molar-refractivity contribution in [3.63, 3.8) is 0 Å². The maximum atomic E-state index is 12.1. The van der Waals surface area contributed by atoms with Gasteiger partial charge in [-0.1, -0.05) is 19.1 Å². The molecule has 0 amide bonds. The molecule has 0 aromatic rings. The van der Waals surface area contributed by atoms with Gasteiger partial charge < -0.3 is 5.11 Å². The van der Waals surface area contributed by atoms with Gasteiger partial charge in [0, 0.05) is 25.5 Å². The van der Waals surface area contributed by atoms with Gasteiger partial charge in [-0.05, 0) is 25.2 Å². The summed E-state index contributed by atoms with van der Waals surface area (Å²) >= 11 is 0. The maximum absolute atomic E-state index is 12.1. The lowest BCUT2D eigenvalue weighted by Crippen LogP contribution is -2.17. The molecule has 1 saturated carbocycles. The Morgan fingerprint density at radius 1 is 1.80 bits per heavy atom. The van der Waals surface area contributed by atoms with E-state index in [1.54, 1.807) is 6.08 Å². The summed E-state index contributed by atoms with van der Waals surface area (Å²) in [7, 11) is 0. The number of carbonyl (C=O) groups is 2. The third-order valence-corrected chi connectivity index (χ3v) is 2.22. The van der Waals surface area contributed by atoms with E-state index >= 15 is 0 Å². The van der Waals surface area contributed by atoms with Crippen LogP contribution in [0.25, 0.3) is 0 Å². The first-order chi connectivity index (χ1) is 9.00. The molecule has 84 valence electrons. The Hall–Kier alpha value is -1.12. The number of carboxylic acids is 1. The smallest absolute Gasteiger partial charge is 0.303 e. The second-order valence-electron chi connectivity index (χ2n) is 3.32. The van der Waals surface area contributed by atoms with E-state index in [-0.39, 0.29) is 6.42 Å². The van der Waals surface area contributed by atoms with Crippen molar-refractivity contribution in [2.45, 2.75) is 38.9 Å². The maximum Gasteiger partial charge on any atom is 0.303 e. The number of allylic oxidation sites excluding steroid dienone is 2. The number of aliphatic carboxylic acids is 1. The molecule has 0 spiro atoms. The standard InChI is InChI=1S/C12H18O3/c1-2-3-4-5-10-9(8-12(14)15)6-7-11(10)13/h3-4,9-10H,2,5-8H2,1H3,(H,14,15)/i7D2,8D2,10D. The van der Waals surface area contributed by atoms with Gasteiger partial charge in [0.15, 0.2) is 0 Å². The molecular formula is C12H18O3. The third-order valence-electron chi connectivity index (χ3n) is 2.22. The molecule has 2 unspecified atom stereocenters. The molecule has 0 radical (unpaired) electrons. The molecule has 3 heteroatoms. The Morgan fingerprint density at radius 3 is 3.13 bits per heavy atom. The second kappa shape index (κ2) is 5.69. The van der Waals surface area contributed by atoms with E-state index in [2.05, 4.69) is 0 Å². The number of ketones is 1. The summed E-state index contributed by atoms with van der Waals surface area (Å²) in [5.41, 5.74) is 0. The monoisotopic (exact) mass is 215 g/mol. The minimum absolute atomic E-state index is 0.184. The summed E-state index contributed by atoms with van der Waals surface area (Å²) in [5, 5.41) is 8.95. The van der Waals surface area contributed by atoms with Crippen LogP contribution in [-0.2, 0) is 9.59 Å². The summed E-state index contributed by atoms with van der Waals surface area (Å²) in [4.78, 5) is 23.1. The first-order valence-electron chi connectivity index (χ1n) is 7.43. The van der Waals surface area contributed by atoms with E-state index in [0.29, 0.717) is 6.42 Å². The molecule has 1 rings (SSSR count). The van der Waals surface area contributed by atoms with Crippen molar-refractivity contribution in [3.05, 3.63) is 12.2 Å². The molecule has 0 saturated heterocycles. The highest BCUT2D eigenvalue weighted by atomic mass is 16.4. The van der Waals surface area contributed by atoms with Crippen molar-refractivity contribution >= 4 is 11.8 Å². The molecule has 1 aliphatic rings. The zero-order valence-electron chi connectivity index (χ0n) is 13.6. The van der Waals surface area contributed by atoms with Crippen LogP contribution in [0.4, 0.5) is 0 Å². The van der Waals surface area contributed by atoms with Crippen LogP contribution < -0.4 is 0 Å². The summed E-state index contributed by atoms with van der Waals surface area (Å²) in [6.45, 7) is 1.84. The summed E-state index contributed by atoms with van der Waals surface area (Å²) in [6, 6.07) is 0. The van der Waals surface area contributed by atoms with E-state index in [1.165, 1.54) is 6.08 Å². The summed E-state index contributed by atoms with van der Waals surface area (Å²) in [5.74, 6) is -6.42. The normalized spacial score (nSPS) is 40.5. The molecule has 2 atom stereocenters. The predicted octanol–water partition coefficient (Wildman–Crippen LogP) is 2.41. The van der Waals surface area contributed by atoms with Crippen molar-refractivity contribution in [1.29, 1.82) is 0 Å². The fraction of sp³-hybridized carbons (Fsp3) is 0.667. The third kappa shape index (κ3) is 3.50. The minimum Gasteiger partial charge on any atom is -0.481 e. The molecule has 0 aromatic heterocycles. The van der Waals surface area contributed by atoms with Gasteiger partial charge in [-0.3, -0.25) is 9.59 Å². The largest absolute Gasteiger partial charge is 0.481 e. The second-order valence-corrected chi connectivity index (χ2v) is 3.32. The molecular weight excluding hydrogens is 192 g/mol. The van der Waals surface area contributed by atoms with Crippen LogP contribution in [0.2, 0.25) is 0 Å². The summed E-state index contributed by atoms with van der Waals surface area (Å²) in [6.07, 6.45) is -2.10. The topological polar surface area (TPSA) is 54.4 Å². The van der Waals surface area contributed by atoms with Crippen molar-refractivity contribution < 1.29 is 21.5 Å². The van der Waals surface area contributed by atoms with E-state index in [1.807, 2.05) is 6.92 Å². The van der Waals surface area contributed by atoms with Gasteiger partial charge in [-0.15, -0.1) is 0 Å². The Labute approximate surface area is 97.2 Å². The quantitative estimate of drug-likeness (QED) is 0.716. The summed E-state index contributed by atoms with van der Waals surface area (Å²) < 4.78 is 38.5. The SMILES string of the molecule is [2H]C1([2H])CC(C([2H])([2H])C(=O)O)C([2H])(CC=CCC)C1=O. The number of carboxylic acid groups (broad SMARTS) is 1. The molecule has 1 aliphatic carbocycles. The molecule has 0 heterocycles. The van der Waals surface area contributed by atoms with Crippen LogP contribution in [0.3, 0.4) is 0 Å². The van der Waals surface area contributed by atoms with Crippen LogP contribution in [0.15, 0.2) is 12.2 Å². The Kier molecular flexibility index (Phi) is 2.45. The molecule has 1 N–H and O–H groups in total. The molecule has 3 nitrogen and oxygen atoms in total. The minimum atomic E-state index is -2.82. The van der Waals surface area contributed by atoms with Crippen LogP contribution >= 0.6 is 0 Å². The highest BCUT2D eigenvalue weighted by Crippen LogP contribution is 2.33. The predicted molar refractivity (Wildman–Crippen MR) is 57.5 cm³/mol. The van der Waals surface area contributed by atoms with Crippen LogP contribution in [0, 0.1) is 11.8 Å². The van der Waals surface area contributed by atoms with Gasteiger partial charge in [-0.25, -0.2) is 0 Å². The van der Waals surface area contributed by atoms with Gasteiger partial charge >= 0.3 is 5.97 Å². The van der Waals surface area contributed by atoms with Crippen molar-refractivity contribution in [2.24, 2.45) is 11.8 Å². The molecule has 15 heavy (non-hydrogen) atoms. The highest BCUT2D eigenvalue weighted by Gasteiger charge is 2.34. The first kappa shape index (κ1) is 6.46. The molecule has 0 bridgehead atoms. The Morgan fingerprint density at radius 2 is 2.53 bits per heavy atom. The van der Waals surface area contributed by atoms with Gasteiger partial charge in [0.25, 0.3) is 0 Å². The van der Waals surface area contributed by atoms with Crippen molar-refractivity contribution in [1.82, 2.24) is 0 Å². The Bertz CT molecular complexity index is 446. The van der Waals surface area contributed by atoms with Gasteiger partial charge in [0.2, 0.25) is 0 Å². The lowest BCUT2D eigenvalue weighted by atomic mass is 9.89. The number of hydrogen-bond donors (Lipinski definition) is 1. The van der Waals surface area contributed by atoms with E-state index in [0.717, 1.165) is 0 Å². The van der Waals surface area contributed by atoms with E-state index in [4.69, 9.17) is 12.0 Å². The fourth-order valence-electron chi connectivity index (χ4n) is 1.49. The average Bonchev–Trinajstić information content (AvgIpc) is 2.51. The van der Waals surface area contributed by atoms with Gasteiger partial charge in [0.05, 0.1) is 0 Å². The fourth-order valence-corrected chi connectivity index (χ4v) is 1.49. The first-order valence-corrected chi connectivity index (χ1v) is 4.93. The number of Topliss-reactive ketones (excluding diaryl/α,β-unsaturated/α-hetero) is 1. The van der Waals surface area contributed by atoms with Crippen LogP contribution in [0.1, 0.15) is 45.8 Å². The Balaban J connectivity index is 3.23. The number of hydrogen-bond acceptors (Lipinski definition) is 2. The van der Waals surface area contributed by atoms with Gasteiger partial charge in [0.1, 0.15) is 5.78 Å². The molecule has 0 aromatic carbocycles. The highest BCUT2D eigenvalue weighted by molar-refractivity contribution is 5.84. The van der Waals surface area contributed by atoms with Crippen LogP contribution in [-0.4, -0.2) is 16.9 Å². The van der Waals surface area contributed by atoms with E-state index in [9.17, 15) is 9.59 Å². The average molecular weight is 215 g/mol.